The number of aliphatic hydroxyl groups excluding tert-OH is 1. The number of hydrogen-bond acceptors (Lipinski definition) is 3. The number of carbonyl (C=O) groups is 1. The molecule has 1 saturated heterocycles. The van der Waals surface area contributed by atoms with Gasteiger partial charge in [0.15, 0.2) is 0 Å². The molecule has 1 aliphatic carbocycles. The molecule has 1 amide bonds. The Morgan fingerprint density at radius 2 is 2.00 bits per heavy atom. The molecule has 4 nitrogen and oxygen atoms in total. The van der Waals surface area contributed by atoms with Gasteiger partial charge in [0.25, 0.3) is 5.91 Å². The van der Waals surface area contributed by atoms with E-state index in [2.05, 4.69) is 4.90 Å². The summed E-state index contributed by atoms with van der Waals surface area (Å²) >= 11 is 0. The molecule has 1 saturated carbocycles. The average molecular weight is 288 g/mol. The van der Waals surface area contributed by atoms with Crippen molar-refractivity contribution in [3.63, 3.8) is 0 Å². The molecule has 1 aliphatic heterocycles. The molecule has 21 heavy (non-hydrogen) atoms. The molecule has 2 aliphatic rings. The standard InChI is InChI=1S/C17H24N2O2/c1-13-3-2-4-15(11-13)17(21)19-9-7-18(8-10-19)12-16(20)14-5-6-14/h2-4,11,14,16,20H,5-10,12H2,1H3/t16-/m1/s1. The zero-order valence-corrected chi connectivity index (χ0v) is 12.7. The molecule has 0 radical (unpaired) electrons. The van der Waals surface area contributed by atoms with Gasteiger partial charge in [-0.15, -0.1) is 0 Å². The number of nitrogens with zero attached hydrogens (tertiary/aromatic N) is 2. The van der Waals surface area contributed by atoms with Gasteiger partial charge in [-0.25, -0.2) is 0 Å². The summed E-state index contributed by atoms with van der Waals surface area (Å²) in [6, 6.07) is 7.78. The van der Waals surface area contributed by atoms with Gasteiger partial charge in [0.1, 0.15) is 0 Å². The Morgan fingerprint density at radius 1 is 1.29 bits per heavy atom. The summed E-state index contributed by atoms with van der Waals surface area (Å²) in [5, 5.41) is 10.0. The van der Waals surface area contributed by atoms with Crippen LogP contribution >= 0.6 is 0 Å². The van der Waals surface area contributed by atoms with Gasteiger partial charge >= 0.3 is 0 Å². The van der Waals surface area contributed by atoms with E-state index >= 15 is 0 Å². The quantitative estimate of drug-likeness (QED) is 0.913. The van der Waals surface area contributed by atoms with E-state index in [0.717, 1.165) is 43.9 Å². The van der Waals surface area contributed by atoms with E-state index < -0.39 is 0 Å². The zero-order chi connectivity index (χ0) is 14.8. The van der Waals surface area contributed by atoms with E-state index in [1.54, 1.807) is 0 Å². The van der Waals surface area contributed by atoms with Crippen molar-refractivity contribution in [1.29, 1.82) is 0 Å². The minimum absolute atomic E-state index is 0.126. The number of amides is 1. The van der Waals surface area contributed by atoms with E-state index in [9.17, 15) is 9.90 Å². The maximum Gasteiger partial charge on any atom is 0.253 e. The van der Waals surface area contributed by atoms with Crippen LogP contribution in [-0.4, -0.2) is 59.6 Å². The maximum atomic E-state index is 12.5. The highest BCUT2D eigenvalue weighted by atomic mass is 16.3. The van der Waals surface area contributed by atoms with E-state index in [0.29, 0.717) is 5.92 Å². The molecule has 3 rings (SSSR count). The fourth-order valence-electron chi connectivity index (χ4n) is 2.99. The minimum Gasteiger partial charge on any atom is -0.392 e. The lowest BCUT2D eigenvalue weighted by Crippen LogP contribution is -2.50. The highest BCUT2D eigenvalue weighted by Crippen LogP contribution is 2.32. The van der Waals surface area contributed by atoms with Gasteiger partial charge in [-0.3, -0.25) is 9.69 Å². The normalized spacial score (nSPS) is 21.3. The summed E-state index contributed by atoms with van der Waals surface area (Å²) in [5.41, 5.74) is 1.90. The lowest BCUT2D eigenvalue weighted by Gasteiger charge is -2.35. The topological polar surface area (TPSA) is 43.8 Å². The van der Waals surface area contributed by atoms with Crippen molar-refractivity contribution in [1.82, 2.24) is 9.80 Å². The molecule has 1 aromatic rings. The maximum absolute atomic E-state index is 12.5. The van der Waals surface area contributed by atoms with Crippen LogP contribution in [0.1, 0.15) is 28.8 Å². The van der Waals surface area contributed by atoms with Crippen molar-refractivity contribution < 1.29 is 9.90 Å². The van der Waals surface area contributed by atoms with Gasteiger partial charge in [-0.05, 0) is 37.8 Å². The van der Waals surface area contributed by atoms with Crippen molar-refractivity contribution in [3.8, 4) is 0 Å². The lowest BCUT2D eigenvalue weighted by molar-refractivity contribution is 0.0488. The number of piperazine rings is 1. The first-order valence-electron chi connectivity index (χ1n) is 7.90. The monoisotopic (exact) mass is 288 g/mol. The van der Waals surface area contributed by atoms with Crippen LogP contribution in [0.5, 0.6) is 0 Å². The Kier molecular flexibility index (Phi) is 4.27. The Balaban J connectivity index is 1.51. The molecule has 114 valence electrons. The zero-order valence-electron chi connectivity index (χ0n) is 12.7. The Bertz CT molecular complexity index is 505. The van der Waals surface area contributed by atoms with Crippen LogP contribution in [0.15, 0.2) is 24.3 Å². The molecular weight excluding hydrogens is 264 g/mol. The van der Waals surface area contributed by atoms with Gasteiger partial charge < -0.3 is 10.0 Å². The van der Waals surface area contributed by atoms with Crippen LogP contribution in [-0.2, 0) is 0 Å². The number of benzene rings is 1. The Morgan fingerprint density at radius 3 is 2.62 bits per heavy atom. The number of hydrogen-bond donors (Lipinski definition) is 1. The summed E-state index contributed by atoms with van der Waals surface area (Å²) in [5.74, 6) is 0.651. The van der Waals surface area contributed by atoms with Crippen LogP contribution in [0.3, 0.4) is 0 Å². The largest absolute Gasteiger partial charge is 0.392 e. The van der Waals surface area contributed by atoms with Crippen molar-refractivity contribution in [2.24, 2.45) is 5.92 Å². The van der Waals surface area contributed by atoms with Crippen molar-refractivity contribution in [2.45, 2.75) is 25.9 Å². The molecule has 1 N–H and O–H groups in total. The number of aliphatic hydroxyl groups is 1. The van der Waals surface area contributed by atoms with E-state index in [1.165, 1.54) is 12.8 Å². The van der Waals surface area contributed by atoms with Gasteiger partial charge in [0.2, 0.25) is 0 Å². The SMILES string of the molecule is Cc1cccc(C(=O)N2CCN(C[C@@H](O)C3CC3)CC2)c1. The number of rotatable bonds is 4. The fourth-order valence-corrected chi connectivity index (χ4v) is 2.99. The van der Waals surface area contributed by atoms with Crippen LogP contribution in [0.4, 0.5) is 0 Å². The van der Waals surface area contributed by atoms with Crippen LogP contribution in [0.2, 0.25) is 0 Å². The van der Waals surface area contributed by atoms with Crippen molar-refractivity contribution in [2.75, 3.05) is 32.7 Å². The molecule has 0 spiro atoms. The molecule has 0 aromatic heterocycles. The summed E-state index contributed by atoms with van der Waals surface area (Å²) in [6.45, 7) is 6.00. The van der Waals surface area contributed by atoms with E-state index in [1.807, 2.05) is 36.1 Å². The van der Waals surface area contributed by atoms with E-state index in [-0.39, 0.29) is 12.0 Å². The predicted octanol–water partition coefficient (Wildman–Crippen LogP) is 1.52. The molecule has 2 fully saturated rings. The fraction of sp³-hybridized carbons (Fsp3) is 0.588. The predicted molar refractivity (Wildman–Crippen MR) is 82.3 cm³/mol. The van der Waals surface area contributed by atoms with Crippen molar-refractivity contribution in [3.05, 3.63) is 35.4 Å². The Hall–Kier alpha value is -1.39. The second kappa shape index (κ2) is 6.16. The smallest absolute Gasteiger partial charge is 0.253 e. The lowest BCUT2D eigenvalue weighted by atomic mass is 10.1. The minimum atomic E-state index is -0.177. The van der Waals surface area contributed by atoms with Crippen LogP contribution in [0, 0.1) is 12.8 Å². The summed E-state index contributed by atoms with van der Waals surface area (Å²) in [6.07, 6.45) is 2.17. The first-order chi connectivity index (χ1) is 10.1. The number of β-amino-alcohol motifs (C(OH)–C–C–N with tert-alkyl or cyclic N) is 1. The first kappa shape index (κ1) is 14.5. The molecule has 1 atom stereocenters. The van der Waals surface area contributed by atoms with Gasteiger partial charge in [0.05, 0.1) is 6.10 Å². The average Bonchev–Trinajstić information content (AvgIpc) is 3.32. The third kappa shape index (κ3) is 3.63. The molecule has 1 heterocycles. The van der Waals surface area contributed by atoms with Gasteiger partial charge in [-0.1, -0.05) is 17.7 Å². The van der Waals surface area contributed by atoms with Gasteiger partial charge in [0, 0.05) is 38.3 Å². The highest BCUT2D eigenvalue weighted by Gasteiger charge is 2.32. The molecule has 4 heteroatoms. The third-order valence-corrected chi connectivity index (χ3v) is 4.54. The van der Waals surface area contributed by atoms with Crippen LogP contribution in [0.25, 0.3) is 0 Å². The van der Waals surface area contributed by atoms with E-state index in [4.69, 9.17) is 0 Å². The van der Waals surface area contributed by atoms with Gasteiger partial charge in [-0.2, -0.15) is 0 Å². The molecule has 0 bridgehead atoms. The summed E-state index contributed by atoms with van der Waals surface area (Å²) < 4.78 is 0. The number of aryl methyl sites for hydroxylation is 1. The summed E-state index contributed by atoms with van der Waals surface area (Å²) in [7, 11) is 0. The molecule has 0 unspecified atom stereocenters. The number of carbonyl (C=O) groups excluding carboxylic acids is 1. The third-order valence-electron chi connectivity index (χ3n) is 4.54. The van der Waals surface area contributed by atoms with Crippen molar-refractivity contribution >= 4 is 5.91 Å². The second-order valence-corrected chi connectivity index (χ2v) is 6.37. The second-order valence-electron chi connectivity index (χ2n) is 6.37. The highest BCUT2D eigenvalue weighted by molar-refractivity contribution is 5.94. The Labute approximate surface area is 126 Å². The first-order valence-corrected chi connectivity index (χ1v) is 7.90. The summed E-state index contributed by atoms with van der Waals surface area (Å²) in [4.78, 5) is 16.7. The molecule has 1 aromatic carbocycles. The van der Waals surface area contributed by atoms with Crippen LogP contribution < -0.4 is 0 Å². The molecular formula is C17H24N2O2.